The lowest BCUT2D eigenvalue weighted by atomic mass is 9.93. The predicted molar refractivity (Wildman–Crippen MR) is 170 cm³/mol. The Kier molecular flexibility index (Phi) is 12.9. The number of phenols is 1. The molecule has 1 aliphatic carbocycles. The van der Waals surface area contributed by atoms with Crippen molar-refractivity contribution >= 4 is 17.9 Å². The molecule has 3 amide bonds. The quantitative estimate of drug-likeness (QED) is 0.223. The van der Waals surface area contributed by atoms with E-state index in [0.717, 1.165) is 68.1 Å². The number of unbranched alkanes of at least 4 members (excludes halogenated alkanes) is 3. The number of alkyl carbamates (subject to hydrolysis) is 1. The normalized spacial score (nSPS) is 15.3. The van der Waals surface area contributed by atoms with Crippen molar-refractivity contribution < 1.29 is 24.2 Å². The van der Waals surface area contributed by atoms with Gasteiger partial charge in [-0.1, -0.05) is 81.8 Å². The maximum Gasteiger partial charge on any atom is 0.408 e. The number of aryl methyl sites for hydroxylation is 1. The van der Waals surface area contributed by atoms with Gasteiger partial charge >= 0.3 is 6.09 Å². The van der Waals surface area contributed by atoms with Crippen LogP contribution in [0, 0.1) is 6.92 Å². The fourth-order valence-corrected chi connectivity index (χ4v) is 5.66. The number of amides is 3. The number of phenolic OH excluding ortho intramolecular Hbond substituents is 1. The third-order valence-corrected chi connectivity index (χ3v) is 7.90. The highest BCUT2D eigenvalue weighted by atomic mass is 16.6. The van der Waals surface area contributed by atoms with Crippen LogP contribution in [0.4, 0.5) is 4.79 Å². The predicted octanol–water partition coefficient (Wildman–Crippen LogP) is 6.74. The average Bonchev–Trinajstić information content (AvgIpc) is 2.95. The molecule has 0 bridgehead atoms. The van der Waals surface area contributed by atoms with Crippen LogP contribution < -0.4 is 10.6 Å². The van der Waals surface area contributed by atoms with Crippen molar-refractivity contribution in [1.29, 1.82) is 0 Å². The SMILES string of the molecule is CCCCCCN(C(=O)C(Cc1ccc(O)cc1)NC(=O)OC(C)(C)C)C(C(=O)NC1CCCCC1)c1ccccc1C. The van der Waals surface area contributed by atoms with Gasteiger partial charge in [-0.15, -0.1) is 0 Å². The summed E-state index contributed by atoms with van der Waals surface area (Å²) in [5.74, 6) is -0.420. The zero-order valence-corrected chi connectivity index (χ0v) is 26.7. The number of rotatable bonds is 13. The Labute approximate surface area is 257 Å². The lowest BCUT2D eigenvalue weighted by molar-refractivity contribution is -0.143. The molecule has 2 aromatic carbocycles. The van der Waals surface area contributed by atoms with E-state index in [4.69, 9.17) is 4.74 Å². The molecule has 3 N–H and O–H groups in total. The molecule has 0 aliphatic heterocycles. The number of ether oxygens (including phenoxy) is 1. The van der Waals surface area contributed by atoms with Crippen LogP contribution in [0.1, 0.15) is 108 Å². The Hall–Kier alpha value is -3.55. The highest BCUT2D eigenvalue weighted by Crippen LogP contribution is 2.28. The number of nitrogens with one attached hydrogen (secondary N) is 2. The Balaban J connectivity index is 2.03. The van der Waals surface area contributed by atoms with Crippen LogP contribution in [0.3, 0.4) is 0 Å². The second kappa shape index (κ2) is 16.3. The number of hydrogen-bond donors (Lipinski definition) is 3. The summed E-state index contributed by atoms with van der Waals surface area (Å²) < 4.78 is 5.54. The summed E-state index contributed by atoms with van der Waals surface area (Å²) in [6, 6.07) is 12.5. The van der Waals surface area contributed by atoms with Gasteiger partial charge in [-0.3, -0.25) is 9.59 Å². The molecule has 1 fully saturated rings. The molecule has 2 unspecified atom stereocenters. The van der Waals surface area contributed by atoms with Crippen molar-refractivity contribution in [2.75, 3.05) is 6.54 Å². The number of aromatic hydroxyl groups is 1. The van der Waals surface area contributed by atoms with Crippen molar-refractivity contribution in [3.05, 3.63) is 65.2 Å². The van der Waals surface area contributed by atoms with Gasteiger partial charge in [-0.25, -0.2) is 4.79 Å². The molecule has 0 aromatic heterocycles. The van der Waals surface area contributed by atoms with E-state index in [2.05, 4.69) is 17.6 Å². The highest BCUT2D eigenvalue weighted by Gasteiger charge is 2.37. The van der Waals surface area contributed by atoms with Gasteiger partial charge in [0, 0.05) is 19.0 Å². The fraction of sp³-hybridized carbons (Fsp3) is 0.571. The smallest absolute Gasteiger partial charge is 0.408 e. The van der Waals surface area contributed by atoms with Gasteiger partial charge in [0.05, 0.1) is 0 Å². The number of nitrogens with zero attached hydrogens (tertiary/aromatic N) is 1. The van der Waals surface area contributed by atoms with Gasteiger partial charge in [0.1, 0.15) is 23.4 Å². The molecular formula is C35H51N3O5. The number of carbonyl (C=O) groups excluding carboxylic acids is 3. The first-order valence-electron chi connectivity index (χ1n) is 15.9. The van der Waals surface area contributed by atoms with E-state index < -0.39 is 23.8 Å². The Morgan fingerprint density at radius 3 is 2.28 bits per heavy atom. The lowest BCUT2D eigenvalue weighted by Gasteiger charge is -2.36. The molecule has 0 radical (unpaired) electrons. The fourth-order valence-electron chi connectivity index (χ4n) is 5.66. The summed E-state index contributed by atoms with van der Waals surface area (Å²) in [6.45, 7) is 9.78. The molecule has 236 valence electrons. The molecule has 8 heteroatoms. The van der Waals surface area contributed by atoms with Gasteiger partial charge in [0.15, 0.2) is 0 Å². The van der Waals surface area contributed by atoms with Crippen LogP contribution in [-0.4, -0.2) is 52.1 Å². The van der Waals surface area contributed by atoms with Crippen molar-refractivity contribution in [2.24, 2.45) is 0 Å². The van der Waals surface area contributed by atoms with Gasteiger partial charge in [0.25, 0.3) is 0 Å². The van der Waals surface area contributed by atoms with E-state index in [-0.39, 0.29) is 30.0 Å². The second-order valence-corrected chi connectivity index (χ2v) is 12.8. The van der Waals surface area contributed by atoms with E-state index in [0.29, 0.717) is 6.54 Å². The van der Waals surface area contributed by atoms with Gasteiger partial charge in [0.2, 0.25) is 11.8 Å². The maximum absolute atomic E-state index is 14.6. The van der Waals surface area contributed by atoms with Gasteiger partial charge < -0.3 is 25.4 Å². The molecule has 0 saturated heterocycles. The molecule has 43 heavy (non-hydrogen) atoms. The lowest BCUT2D eigenvalue weighted by Crippen LogP contribution is -2.54. The molecule has 2 atom stereocenters. The van der Waals surface area contributed by atoms with Crippen LogP contribution in [-0.2, 0) is 20.7 Å². The zero-order valence-electron chi connectivity index (χ0n) is 26.7. The summed E-state index contributed by atoms with van der Waals surface area (Å²) in [4.78, 5) is 43.5. The molecule has 1 aliphatic rings. The molecule has 3 rings (SSSR count). The van der Waals surface area contributed by atoms with Crippen LogP contribution >= 0.6 is 0 Å². The van der Waals surface area contributed by atoms with Gasteiger partial charge in [-0.05, 0) is 75.8 Å². The van der Waals surface area contributed by atoms with E-state index in [1.165, 1.54) is 6.42 Å². The number of carbonyl (C=O) groups is 3. The molecular weight excluding hydrogens is 542 g/mol. The summed E-state index contributed by atoms with van der Waals surface area (Å²) in [5, 5.41) is 15.9. The summed E-state index contributed by atoms with van der Waals surface area (Å²) in [6.07, 6.45) is 8.39. The van der Waals surface area contributed by atoms with Crippen molar-refractivity contribution in [3.63, 3.8) is 0 Å². The Morgan fingerprint density at radius 1 is 0.977 bits per heavy atom. The third kappa shape index (κ3) is 10.9. The first-order valence-corrected chi connectivity index (χ1v) is 15.9. The molecule has 0 spiro atoms. The van der Waals surface area contributed by atoms with Crippen LogP contribution in [0.25, 0.3) is 0 Å². The molecule has 0 heterocycles. The summed E-state index contributed by atoms with van der Waals surface area (Å²) >= 11 is 0. The van der Waals surface area contributed by atoms with Crippen molar-refractivity contribution in [2.45, 2.75) is 123 Å². The maximum atomic E-state index is 14.6. The number of hydrogen-bond acceptors (Lipinski definition) is 5. The van der Waals surface area contributed by atoms with Crippen molar-refractivity contribution in [1.82, 2.24) is 15.5 Å². The standard InChI is InChI=1S/C35H51N3O5/c1-6-7-8-14-23-38(31(29-18-13-12-15-25(29)2)32(40)36-27-16-10-9-11-17-27)33(41)30(37-34(42)43-35(3,4)5)24-26-19-21-28(39)22-20-26/h12-13,15,18-22,27,30-31,39H,6-11,14,16-17,23-24H2,1-5H3,(H,36,40)(H,37,42). The summed E-state index contributed by atoms with van der Waals surface area (Å²) in [7, 11) is 0. The largest absolute Gasteiger partial charge is 0.508 e. The summed E-state index contributed by atoms with van der Waals surface area (Å²) in [5.41, 5.74) is 1.71. The molecule has 2 aromatic rings. The average molecular weight is 594 g/mol. The molecule has 1 saturated carbocycles. The van der Waals surface area contributed by atoms with Crippen LogP contribution in [0.2, 0.25) is 0 Å². The van der Waals surface area contributed by atoms with Crippen LogP contribution in [0.5, 0.6) is 5.75 Å². The van der Waals surface area contributed by atoms with E-state index in [1.807, 2.05) is 31.2 Å². The third-order valence-electron chi connectivity index (χ3n) is 7.90. The van der Waals surface area contributed by atoms with Crippen molar-refractivity contribution in [3.8, 4) is 5.75 Å². The number of benzene rings is 2. The Morgan fingerprint density at radius 2 is 1.65 bits per heavy atom. The topological polar surface area (TPSA) is 108 Å². The second-order valence-electron chi connectivity index (χ2n) is 12.8. The van der Waals surface area contributed by atoms with E-state index >= 15 is 0 Å². The minimum atomic E-state index is -0.987. The van der Waals surface area contributed by atoms with E-state index in [1.54, 1.807) is 49.9 Å². The van der Waals surface area contributed by atoms with E-state index in [9.17, 15) is 19.5 Å². The molecule has 8 nitrogen and oxygen atoms in total. The highest BCUT2D eigenvalue weighted by molar-refractivity contribution is 5.92. The minimum absolute atomic E-state index is 0.0810. The zero-order chi connectivity index (χ0) is 31.4. The van der Waals surface area contributed by atoms with Gasteiger partial charge in [-0.2, -0.15) is 0 Å². The van der Waals surface area contributed by atoms with Crippen LogP contribution in [0.15, 0.2) is 48.5 Å². The Bertz CT molecular complexity index is 1180. The first kappa shape index (κ1) is 33.9. The monoisotopic (exact) mass is 593 g/mol. The first-order chi connectivity index (χ1) is 20.5. The minimum Gasteiger partial charge on any atom is -0.508 e.